The van der Waals surface area contributed by atoms with Crippen LogP contribution in [0.25, 0.3) is 0 Å². The Morgan fingerprint density at radius 2 is 1.31 bits per heavy atom. The lowest BCUT2D eigenvalue weighted by atomic mass is 9.75. The third kappa shape index (κ3) is 8.14. The van der Waals surface area contributed by atoms with Crippen molar-refractivity contribution in [2.45, 2.75) is 98.3 Å². The van der Waals surface area contributed by atoms with E-state index in [1.165, 1.54) is 12.8 Å². The van der Waals surface area contributed by atoms with E-state index in [9.17, 15) is 9.59 Å². The summed E-state index contributed by atoms with van der Waals surface area (Å²) < 4.78 is 11.9. The van der Waals surface area contributed by atoms with Crippen molar-refractivity contribution in [3.8, 4) is 0 Å². The molecule has 2 aliphatic carbocycles. The minimum absolute atomic E-state index is 0.0666. The second kappa shape index (κ2) is 13.3. The highest BCUT2D eigenvalue weighted by molar-refractivity contribution is 5.69. The van der Waals surface area contributed by atoms with E-state index < -0.39 is 18.2 Å². The zero-order chi connectivity index (χ0) is 26.2. The van der Waals surface area contributed by atoms with E-state index in [1.807, 2.05) is 30.3 Å². The van der Waals surface area contributed by atoms with E-state index >= 15 is 0 Å². The summed E-state index contributed by atoms with van der Waals surface area (Å²) >= 11 is 0. The Morgan fingerprint density at radius 3 is 1.81 bits per heavy atom. The Labute approximate surface area is 218 Å². The molecule has 2 N–H and O–H groups in total. The fraction of sp³-hybridized carbons (Fsp3) is 0.733. The van der Waals surface area contributed by atoms with Crippen LogP contribution in [0.3, 0.4) is 0 Å². The average molecular weight is 501 g/mol. The van der Waals surface area contributed by atoms with E-state index in [1.54, 1.807) is 0 Å². The van der Waals surface area contributed by atoms with Gasteiger partial charge in [-0.3, -0.25) is 0 Å². The van der Waals surface area contributed by atoms with Crippen molar-refractivity contribution in [3.05, 3.63) is 35.9 Å². The Hall–Kier alpha value is -2.24. The molecule has 0 spiro atoms. The van der Waals surface area contributed by atoms with Gasteiger partial charge < -0.3 is 20.1 Å². The first-order valence-corrected chi connectivity index (χ1v) is 14.1. The van der Waals surface area contributed by atoms with Gasteiger partial charge in [0, 0.05) is 6.54 Å². The Bertz CT molecular complexity index is 827. The van der Waals surface area contributed by atoms with Crippen molar-refractivity contribution >= 4 is 12.2 Å². The number of hydrogen-bond acceptors (Lipinski definition) is 4. The predicted octanol–water partition coefficient (Wildman–Crippen LogP) is 7.10. The monoisotopic (exact) mass is 500 g/mol. The van der Waals surface area contributed by atoms with E-state index in [4.69, 9.17) is 9.47 Å². The molecule has 0 saturated heterocycles. The minimum Gasteiger partial charge on any atom is -0.446 e. The molecule has 0 bridgehead atoms. The molecule has 1 aromatic rings. The molecule has 202 valence electrons. The summed E-state index contributed by atoms with van der Waals surface area (Å²) in [6, 6.07) is 9.30. The van der Waals surface area contributed by atoms with Gasteiger partial charge in [0.25, 0.3) is 0 Å². The molecule has 0 radical (unpaired) electrons. The quantitative estimate of drug-likeness (QED) is 0.399. The summed E-state index contributed by atoms with van der Waals surface area (Å²) in [4.78, 5) is 25.8. The lowest BCUT2D eigenvalue weighted by Crippen LogP contribution is -2.43. The van der Waals surface area contributed by atoms with Gasteiger partial charge >= 0.3 is 12.2 Å². The largest absolute Gasteiger partial charge is 0.446 e. The Kier molecular flexibility index (Phi) is 10.5. The summed E-state index contributed by atoms with van der Waals surface area (Å²) in [5.41, 5.74) is 0.915. The maximum atomic E-state index is 13.0. The third-order valence-corrected chi connectivity index (χ3v) is 8.38. The van der Waals surface area contributed by atoms with Crippen molar-refractivity contribution in [1.29, 1.82) is 0 Å². The van der Waals surface area contributed by atoms with Crippen LogP contribution in [0.15, 0.2) is 30.3 Å². The second-order valence-electron chi connectivity index (χ2n) is 12.0. The summed E-state index contributed by atoms with van der Waals surface area (Å²) in [5, 5.41) is 5.93. The van der Waals surface area contributed by atoms with E-state index in [2.05, 4.69) is 52.2 Å². The first kappa shape index (κ1) is 28.3. The van der Waals surface area contributed by atoms with E-state index in [0.717, 1.165) is 31.2 Å². The van der Waals surface area contributed by atoms with Gasteiger partial charge in [-0.25, -0.2) is 9.59 Å². The molecule has 2 amide bonds. The van der Waals surface area contributed by atoms with Gasteiger partial charge in [-0.2, -0.15) is 0 Å². The Morgan fingerprint density at radius 1 is 0.806 bits per heavy atom. The van der Waals surface area contributed by atoms with Gasteiger partial charge in [-0.1, -0.05) is 84.7 Å². The number of carbonyl (C=O) groups is 2. The smallest absolute Gasteiger partial charge is 0.407 e. The molecule has 6 nitrogen and oxygen atoms in total. The van der Waals surface area contributed by atoms with Crippen LogP contribution in [0.5, 0.6) is 0 Å². The predicted molar refractivity (Wildman–Crippen MR) is 144 cm³/mol. The van der Waals surface area contributed by atoms with Crippen molar-refractivity contribution in [2.75, 3.05) is 6.54 Å². The van der Waals surface area contributed by atoms with Gasteiger partial charge in [0.05, 0.1) is 6.04 Å². The normalized spacial score (nSPS) is 29.4. The number of amides is 2. The summed E-state index contributed by atoms with van der Waals surface area (Å²) in [5.74, 6) is 2.81. The number of ether oxygens (including phenoxy) is 2. The van der Waals surface area contributed by atoms with Crippen LogP contribution in [0.1, 0.15) is 91.7 Å². The maximum Gasteiger partial charge on any atom is 0.407 e. The highest BCUT2D eigenvalue weighted by Gasteiger charge is 2.35. The van der Waals surface area contributed by atoms with Crippen LogP contribution < -0.4 is 10.6 Å². The molecular weight excluding hydrogens is 452 g/mol. The lowest BCUT2D eigenvalue weighted by Gasteiger charge is -2.37. The molecule has 0 aliphatic heterocycles. The van der Waals surface area contributed by atoms with Crippen molar-refractivity contribution in [2.24, 2.45) is 35.5 Å². The van der Waals surface area contributed by atoms with Crippen LogP contribution in [-0.4, -0.2) is 30.9 Å². The molecule has 7 atom stereocenters. The van der Waals surface area contributed by atoms with Gasteiger partial charge in [-0.05, 0) is 66.8 Å². The van der Waals surface area contributed by atoms with Crippen LogP contribution in [0, 0.1) is 35.5 Å². The molecule has 0 heterocycles. The fourth-order valence-electron chi connectivity index (χ4n) is 6.12. The van der Waals surface area contributed by atoms with Gasteiger partial charge in [0.1, 0.15) is 12.2 Å². The number of nitrogens with one attached hydrogen (secondary N) is 2. The molecule has 0 aromatic heterocycles. The zero-order valence-corrected chi connectivity index (χ0v) is 23.2. The van der Waals surface area contributed by atoms with Crippen LogP contribution in [0.2, 0.25) is 0 Å². The molecule has 2 saturated carbocycles. The van der Waals surface area contributed by atoms with Crippen molar-refractivity contribution < 1.29 is 19.1 Å². The summed E-state index contributed by atoms with van der Waals surface area (Å²) in [6.07, 6.45) is 5.35. The highest BCUT2D eigenvalue weighted by Crippen LogP contribution is 2.36. The zero-order valence-electron chi connectivity index (χ0n) is 23.2. The first-order chi connectivity index (χ1) is 17.1. The summed E-state index contributed by atoms with van der Waals surface area (Å²) in [6.45, 7) is 13.5. The minimum atomic E-state index is -0.426. The average Bonchev–Trinajstić information content (AvgIpc) is 2.82. The topological polar surface area (TPSA) is 76.7 Å². The Balaban J connectivity index is 1.61. The fourth-order valence-corrected chi connectivity index (χ4v) is 6.12. The standard InChI is InChI=1S/C30H48N2O4/c1-19(2)24-14-12-21(5)16-27(24)35-29(33)31-18-26(23-10-8-7-9-11-23)32-30(34)36-28-17-22(6)13-15-25(28)20(3)4/h7-11,19-22,24-28H,12-18H2,1-6H3,(H,31,33)(H,32,34)/t21-,22-,24+,25+,26?,27-,28-/m1/s1. The third-order valence-electron chi connectivity index (χ3n) is 8.38. The second-order valence-corrected chi connectivity index (χ2v) is 12.0. The van der Waals surface area contributed by atoms with Gasteiger partial charge in [0.15, 0.2) is 0 Å². The summed E-state index contributed by atoms with van der Waals surface area (Å²) in [7, 11) is 0. The molecular formula is C30H48N2O4. The van der Waals surface area contributed by atoms with Crippen LogP contribution in [0.4, 0.5) is 9.59 Å². The number of benzene rings is 1. The number of carbonyl (C=O) groups excluding carboxylic acids is 2. The molecule has 2 aliphatic rings. The van der Waals surface area contributed by atoms with Gasteiger partial charge in [-0.15, -0.1) is 0 Å². The number of rotatable bonds is 8. The molecule has 1 aromatic carbocycles. The number of alkyl carbamates (subject to hydrolysis) is 2. The van der Waals surface area contributed by atoms with E-state index in [-0.39, 0.29) is 18.8 Å². The lowest BCUT2D eigenvalue weighted by molar-refractivity contribution is 0.00271. The van der Waals surface area contributed by atoms with Gasteiger partial charge in [0.2, 0.25) is 0 Å². The molecule has 36 heavy (non-hydrogen) atoms. The molecule has 1 unspecified atom stereocenters. The van der Waals surface area contributed by atoms with Crippen molar-refractivity contribution in [3.63, 3.8) is 0 Å². The number of hydrogen-bond donors (Lipinski definition) is 2. The molecule has 2 fully saturated rings. The molecule has 6 heteroatoms. The highest BCUT2D eigenvalue weighted by atomic mass is 16.6. The van der Waals surface area contributed by atoms with Crippen LogP contribution >= 0.6 is 0 Å². The molecule has 3 rings (SSSR count). The van der Waals surface area contributed by atoms with Crippen LogP contribution in [-0.2, 0) is 9.47 Å². The first-order valence-electron chi connectivity index (χ1n) is 14.1. The SMILES string of the molecule is CC(C)[C@@H]1CC[C@@H](C)C[C@H]1OC(=O)NCC(NC(=O)O[C@@H]1C[C@H](C)CC[C@H]1C(C)C)c1ccccc1. The van der Waals surface area contributed by atoms with E-state index in [0.29, 0.717) is 35.5 Å². The van der Waals surface area contributed by atoms with Crippen molar-refractivity contribution in [1.82, 2.24) is 10.6 Å². The maximum absolute atomic E-state index is 13.0.